The van der Waals surface area contributed by atoms with Crippen LogP contribution in [-0.2, 0) is 4.74 Å². The molecule has 0 spiro atoms. The summed E-state index contributed by atoms with van der Waals surface area (Å²) in [6, 6.07) is 15.1. The first-order valence-corrected chi connectivity index (χ1v) is 10.7. The molecule has 0 bridgehead atoms. The third kappa shape index (κ3) is 3.82. The number of benzene rings is 2. The lowest BCUT2D eigenvalue weighted by atomic mass is 10.0. The summed E-state index contributed by atoms with van der Waals surface area (Å²) in [5.74, 6) is 2.34. The van der Waals surface area contributed by atoms with Gasteiger partial charge < -0.3 is 24.6 Å². The van der Waals surface area contributed by atoms with Gasteiger partial charge in [-0.05, 0) is 54.8 Å². The van der Waals surface area contributed by atoms with E-state index in [-0.39, 0.29) is 18.6 Å². The van der Waals surface area contributed by atoms with Gasteiger partial charge in [-0.25, -0.2) is 4.98 Å². The van der Waals surface area contributed by atoms with Gasteiger partial charge >= 0.3 is 0 Å². The van der Waals surface area contributed by atoms with Gasteiger partial charge in [0.15, 0.2) is 11.5 Å². The highest BCUT2D eigenvalue weighted by atomic mass is 79.9. The number of nitrogens with zero attached hydrogens (tertiary/aromatic N) is 1. The van der Waals surface area contributed by atoms with Crippen molar-refractivity contribution in [3.8, 4) is 39.6 Å². The molecule has 1 atom stereocenters. The van der Waals surface area contributed by atoms with Crippen molar-refractivity contribution in [3.63, 3.8) is 0 Å². The van der Waals surface area contributed by atoms with E-state index in [9.17, 15) is 5.11 Å². The summed E-state index contributed by atoms with van der Waals surface area (Å²) < 4.78 is 17.8. The molecule has 2 aromatic carbocycles. The van der Waals surface area contributed by atoms with Crippen LogP contribution in [0.4, 0.5) is 5.82 Å². The lowest BCUT2D eigenvalue weighted by Crippen LogP contribution is -2.19. The predicted molar refractivity (Wildman–Crippen MR) is 118 cm³/mol. The van der Waals surface area contributed by atoms with Gasteiger partial charge in [0.25, 0.3) is 0 Å². The van der Waals surface area contributed by atoms with Crippen LogP contribution in [0, 0.1) is 0 Å². The Morgan fingerprint density at radius 2 is 2.03 bits per heavy atom. The number of halogens is 1. The van der Waals surface area contributed by atoms with Crippen LogP contribution in [0.3, 0.4) is 0 Å². The molecule has 7 heteroatoms. The Labute approximate surface area is 182 Å². The first kappa shape index (κ1) is 19.2. The summed E-state index contributed by atoms with van der Waals surface area (Å²) in [7, 11) is 0. The molecule has 0 aliphatic carbocycles. The van der Waals surface area contributed by atoms with Crippen molar-refractivity contribution in [1.82, 2.24) is 4.98 Å². The molecule has 154 valence electrons. The molecule has 2 aliphatic rings. The number of pyridine rings is 1. The second-order valence-electron chi connectivity index (χ2n) is 7.34. The van der Waals surface area contributed by atoms with Crippen molar-refractivity contribution in [1.29, 1.82) is 0 Å². The highest BCUT2D eigenvalue weighted by Gasteiger charge is 2.21. The first-order valence-electron chi connectivity index (χ1n) is 9.93. The number of nitrogens with one attached hydrogen (secondary N) is 1. The average molecular weight is 469 g/mol. The van der Waals surface area contributed by atoms with Crippen LogP contribution in [0.1, 0.15) is 12.8 Å². The van der Waals surface area contributed by atoms with Crippen LogP contribution < -0.4 is 14.8 Å². The molecule has 2 N–H and O–H groups in total. The molecule has 0 radical (unpaired) electrons. The number of hydrogen-bond donors (Lipinski definition) is 2. The highest BCUT2D eigenvalue weighted by molar-refractivity contribution is 9.10. The summed E-state index contributed by atoms with van der Waals surface area (Å²) in [5, 5.41) is 13.9. The quantitative estimate of drug-likeness (QED) is 0.535. The summed E-state index contributed by atoms with van der Waals surface area (Å²) in [4.78, 5) is 4.77. The lowest BCUT2D eigenvalue weighted by Gasteiger charge is -2.15. The number of phenols is 1. The first-order chi connectivity index (χ1) is 14.7. The van der Waals surface area contributed by atoms with Gasteiger partial charge in [-0.2, -0.15) is 0 Å². The number of rotatable bonds is 5. The minimum absolute atomic E-state index is 0.172. The number of phenolic OH excluding ortho intramolecular Hbond substituents is 1. The molecule has 30 heavy (non-hydrogen) atoms. The maximum absolute atomic E-state index is 10.5. The normalized spacial score (nSPS) is 17.3. The van der Waals surface area contributed by atoms with Gasteiger partial charge in [0.05, 0.1) is 11.8 Å². The SMILES string of the molecule is Oc1ccc(Br)cc1-c1cc(-c2cccc3c2OCO3)cc(NCC2CCCO2)n1. The summed E-state index contributed by atoms with van der Waals surface area (Å²) in [6.45, 7) is 1.71. The third-order valence-electron chi connectivity index (χ3n) is 5.30. The van der Waals surface area contributed by atoms with Crippen molar-refractivity contribution < 1.29 is 19.3 Å². The van der Waals surface area contributed by atoms with Gasteiger partial charge in [0, 0.05) is 28.8 Å². The number of aromatic nitrogens is 1. The molecule has 3 aromatic rings. The zero-order valence-corrected chi connectivity index (χ0v) is 17.8. The van der Waals surface area contributed by atoms with Gasteiger partial charge in [0.2, 0.25) is 6.79 Å². The molecular formula is C23H21BrN2O4. The van der Waals surface area contributed by atoms with Crippen molar-refractivity contribution in [2.24, 2.45) is 0 Å². The molecule has 1 unspecified atom stereocenters. The fourth-order valence-electron chi connectivity index (χ4n) is 3.81. The summed E-state index contributed by atoms with van der Waals surface area (Å²) in [6.07, 6.45) is 2.32. The minimum Gasteiger partial charge on any atom is -0.507 e. The summed E-state index contributed by atoms with van der Waals surface area (Å²) in [5.41, 5.74) is 3.16. The van der Waals surface area contributed by atoms with Crippen molar-refractivity contribution in [3.05, 3.63) is 53.0 Å². The number of para-hydroxylation sites is 1. The molecule has 6 nitrogen and oxygen atoms in total. The van der Waals surface area contributed by atoms with Crippen molar-refractivity contribution in [2.45, 2.75) is 18.9 Å². The van der Waals surface area contributed by atoms with E-state index in [1.165, 1.54) is 0 Å². The van der Waals surface area contributed by atoms with E-state index >= 15 is 0 Å². The zero-order chi connectivity index (χ0) is 20.5. The Hall–Kier alpha value is -2.77. The molecule has 2 aliphatic heterocycles. The maximum Gasteiger partial charge on any atom is 0.231 e. The Bertz CT molecular complexity index is 1080. The monoisotopic (exact) mass is 468 g/mol. The zero-order valence-electron chi connectivity index (χ0n) is 16.2. The van der Waals surface area contributed by atoms with E-state index in [2.05, 4.69) is 21.2 Å². The second kappa shape index (κ2) is 8.16. The number of hydrogen-bond acceptors (Lipinski definition) is 6. The van der Waals surface area contributed by atoms with Gasteiger partial charge in [-0.3, -0.25) is 0 Å². The van der Waals surface area contributed by atoms with Crippen LogP contribution in [0.5, 0.6) is 17.2 Å². The molecule has 3 heterocycles. The second-order valence-corrected chi connectivity index (χ2v) is 8.26. The van der Waals surface area contributed by atoms with Crippen LogP contribution in [-0.4, -0.2) is 36.1 Å². The minimum atomic E-state index is 0.172. The van der Waals surface area contributed by atoms with E-state index < -0.39 is 0 Å². The van der Waals surface area contributed by atoms with Crippen LogP contribution in [0.25, 0.3) is 22.4 Å². The largest absolute Gasteiger partial charge is 0.507 e. The van der Waals surface area contributed by atoms with E-state index in [1.807, 2.05) is 36.4 Å². The average Bonchev–Trinajstić information content (AvgIpc) is 3.45. The van der Waals surface area contributed by atoms with Gasteiger partial charge in [-0.1, -0.05) is 28.1 Å². The smallest absolute Gasteiger partial charge is 0.231 e. The molecule has 1 saturated heterocycles. The molecule has 5 rings (SSSR count). The number of fused-ring (bicyclic) bond motifs is 1. The fraction of sp³-hybridized carbons (Fsp3) is 0.261. The highest BCUT2D eigenvalue weighted by Crippen LogP contribution is 2.43. The Kier molecular flexibility index (Phi) is 5.23. The summed E-state index contributed by atoms with van der Waals surface area (Å²) >= 11 is 3.48. The molecule has 0 amide bonds. The van der Waals surface area contributed by atoms with Gasteiger partial charge in [-0.15, -0.1) is 0 Å². The predicted octanol–water partition coefficient (Wildman–Crippen LogP) is 5.20. The van der Waals surface area contributed by atoms with E-state index in [0.29, 0.717) is 23.6 Å². The maximum atomic E-state index is 10.5. The molecule has 1 fully saturated rings. The van der Waals surface area contributed by atoms with E-state index in [1.54, 1.807) is 12.1 Å². The molecule has 0 saturated carbocycles. The number of aromatic hydroxyl groups is 1. The third-order valence-corrected chi connectivity index (χ3v) is 5.80. The number of anilines is 1. The lowest BCUT2D eigenvalue weighted by molar-refractivity contribution is 0.120. The number of ether oxygens (including phenoxy) is 3. The van der Waals surface area contributed by atoms with Crippen LogP contribution in [0.2, 0.25) is 0 Å². The molecular weight excluding hydrogens is 448 g/mol. The standard InChI is InChI=1S/C23H21BrN2O4/c24-15-6-7-20(27)18(11-15)19-9-14(17-4-1-5-21-23(17)30-13-29-21)10-22(26-19)25-12-16-3-2-8-28-16/h1,4-7,9-11,16,27H,2-3,8,12-13H2,(H,25,26). The van der Waals surface area contributed by atoms with Crippen molar-refractivity contribution in [2.75, 3.05) is 25.3 Å². The Balaban J connectivity index is 1.58. The van der Waals surface area contributed by atoms with Gasteiger partial charge in [0.1, 0.15) is 11.6 Å². The van der Waals surface area contributed by atoms with Crippen molar-refractivity contribution >= 4 is 21.7 Å². The Morgan fingerprint density at radius 3 is 2.90 bits per heavy atom. The van der Waals surface area contributed by atoms with Crippen LogP contribution >= 0.6 is 15.9 Å². The van der Waals surface area contributed by atoms with Crippen LogP contribution in [0.15, 0.2) is 53.0 Å². The topological polar surface area (TPSA) is 72.8 Å². The fourth-order valence-corrected chi connectivity index (χ4v) is 4.17. The Morgan fingerprint density at radius 1 is 1.10 bits per heavy atom. The molecule has 1 aromatic heterocycles. The van der Waals surface area contributed by atoms with E-state index in [4.69, 9.17) is 19.2 Å². The van der Waals surface area contributed by atoms with E-state index in [0.717, 1.165) is 46.5 Å².